The summed E-state index contributed by atoms with van der Waals surface area (Å²) in [5, 5.41) is 0. The number of nitrogens with zero attached hydrogens (tertiary/aromatic N) is 2. The van der Waals surface area contributed by atoms with E-state index in [0.717, 1.165) is 0 Å². The van der Waals surface area contributed by atoms with Crippen LogP contribution in [-0.4, -0.2) is 29.1 Å². The van der Waals surface area contributed by atoms with Crippen molar-refractivity contribution in [3.05, 3.63) is 24.1 Å². The molecule has 7 heteroatoms. The number of likely N-dealkylation sites (tertiary alicyclic amines) is 1. The number of aromatic nitrogens is 1. The van der Waals surface area contributed by atoms with E-state index in [4.69, 9.17) is 10.2 Å². The first kappa shape index (κ1) is 14.2. The van der Waals surface area contributed by atoms with Crippen molar-refractivity contribution in [3.63, 3.8) is 0 Å². The summed E-state index contributed by atoms with van der Waals surface area (Å²) in [6, 6.07) is 5.12. The average Bonchev–Trinajstić information content (AvgIpc) is 2.79. The Morgan fingerprint density at radius 3 is 2.95 bits per heavy atom. The number of alkyl halides is 3. The molecule has 0 radical (unpaired) electrons. The molecule has 1 aliphatic rings. The second-order valence-electron chi connectivity index (χ2n) is 5.45. The van der Waals surface area contributed by atoms with Gasteiger partial charge in [-0.1, -0.05) is 0 Å². The van der Waals surface area contributed by atoms with E-state index >= 15 is 0 Å². The Bertz CT molecular complexity index is 638. The molecule has 1 unspecified atom stereocenters. The molecule has 21 heavy (non-hydrogen) atoms. The van der Waals surface area contributed by atoms with Crippen molar-refractivity contribution < 1.29 is 17.6 Å². The van der Waals surface area contributed by atoms with Crippen molar-refractivity contribution in [2.45, 2.75) is 25.6 Å². The molecular formula is C14H16F3N3O. The number of nitrogens with two attached hydrogens (primary N) is 1. The molecule has 3 rings (SSSR count). The van der Waals surface area contributed by atoms with E-state index in [0.29, 0.717) is 42.2 Å². The smallest absolute Gasteiger partial charge is 0.393 e. The third-order valence-corrected chi connectivity index (χ3v) is 3.78. The third-order valence-electron chi connectivity index (χ3n) is 3.78. The first-order valence-corrected chi connectivity index (χ1v) is 6.86. The van der Waals surface area contributed by atoms with Crippen LogP contribution in [0.4, 0.5) is 18.9 Å². The summed E-state index contributed by atoms with van der Waals surface area (Å²) in [6.45, 7) is 0.930. The summed E-state index contributed by atoms with van der Waals surface area (Å²) in [5.74, 6) is -0.829. The Morgan fingerprint density at radius 1 is 1.38 bits per heavy atom. The van der Waals surface area contributed by atoms with Crippen LogP contribution >= 0.6 is 0 Å². The SMILES string of the molecule is Nc1ccc2oc(CN3CCCC(C(F)(F)F)C3)nc2c1. The van der Waals surface area contributed by atoms with E-state index in [2.05, 4.69) is 4.98 Å². The van der Waals surface area contributed by atoms with Gasteiger partial charge in [0, 0.05) is 12.2 Å². The molecule has 0 bridgehead atoms. The maximum absolute atomic E-state index is 12.8. The average molecular weight is 299 g/mol. The van der Waals surface area contributed by atoms with Crippen LogP contribution in [-0.2, 0) is 6.54 Å². The number of rotatable bonds is 2. The zero-order valence-electron chi connectivity index (χ0n) is 11.4. The van der Waals surface area contributed by atoms with Crippen LogP contribution in [0.2, 0.25) is 0 Å². The molecule has 2 aromatic rings. The number of piperidine rings is 1. The first-order valence-electron chi connectivity index (χ1n) is 6.86. The van der Waals surface area contributed by atoms with Gasteiger partial charge in [0.15, 0.2) is 5.58 Å². The fraction of sp³-hybridized carbons (Fsp3) is 0.500. The molecule has 1 aromatic carbocycles. The van der Waals surface area contributed by atoms with Crippen LogP contribution in [0, 0.1) is 5.92 Å². The van der Waals surface area contributed by atoms with E-state index in [9.17, 15) is 13.2 Å². The first-order chi connectivity index (χ1) is 9.91. The van der Waals surface area contributed by atoms with Crippen LogP contribution in [0.3, 0.4) is 0 Å². The van der Waals surface area contributed by atoms with Gasteiger partial charge < -0.3 is 10.2 Å². The van der Waals surface area contributed by atoms with Gasteiger partial charge in [-0.25, -0.2) is 4.98 Å². The Balaban J connectivity index is 1.72. The molecule has 0 saturated carbocycles. The summed E-state index contributed by atoms with van der Waals surface area (Å²) in [4.78, 5) is 6.03. The number of fused-ring (bicyclic) bond motifs is 1. The minimum Gasteiger partial charge on any atom is -0.439 e. The van der Waals surface area contributed by atoms with Crippen molar-refractivity contribution in [2.24, 2.45) is 5.92 Å². The maximum Gasteiger partial charge on any atom is 0.393 e. The lowest BCUT2D eigenvalue weighted by molar-refractivity contribution is -0.187. The van der Waals surface area contributed by atoms with Crippen molar-refractivity contribution >= 4 is 16.8 Å². The quantitative estimate of drug-likeness (QED) is 0.865. The van der Waals surface area contributed by atoms with Gasteiger partial charge in [0.25, 0.3) is 0 Å². The van der Waals surface area contributed by atoms with E-state index in [-0.39, 0.29) is 13.0 Å². The lowest BCUT2D eigenvalue weighted by Gasteiger charge is -2.32. The highest BCUT2D eigenvalue weighted by Crippen LogP contribution is 2.33. The fourth-order valence-corrected chi connectivity index (χ4v) is 2.72. The van der Waals surface area contributed by atoms with Crippen LogP contribution < -0.4 is 5.73 Å². The van der Waals surface area contributed by atoms with Gasteiger partial charge in [0.1, 0.15) is 5.52 Å². The summed E-state index contributed by atoms with van der Waals surface area (Å²) in [6.07, 6.45) is -3.39. The Hall–Kier alpha value is -1.76. The van der Waals surface area contributed by atoms with Crippen molar-refractivity contribution in [1.82, 2.24) is 9.88 Å². The Labute approximate surface area is 119 Å². The zero-order valence-corrected chi connectivity index (χ0v) is 11.4. The molecule has 2 heterocycles. The number of halogens is 3. The predicted molar refractivity (Wildman–Crippen MR) is 72.5 cm³/mol. The Kier molecular flexibility index (Phi) is 3.52. The van der Waals surface area contributed by atoms with Gasteiger partial charge in [-0.05, 0) is 37.6 Å². The minimum absolute atomic E-state index is 0.00433. The van der Waals surface area contributed by atoms with Gasteiger partial charge in [-0.2, -0.15) is 13.2 Å². The normalized spacial score (nSPS) is 21.0. The molecule has 0 amide bonds. The lowest BCUT2D eigenvalue weighted by atomic mass is 9.97. The fourth-order valence-electron chi connectivity index (χ4n) is 2.72. The number of hydrogen-bond acceptors (Lipinski definition) is 4. The highest BCUT2D eigenvalue weighted by Gasteiger charge is 2.41. The highest BCUT2D eigenvalue weighted by atomic mass is 19.4. The van der Waals surface area contributed by atoms with Crippen molar-refractivity contribution in [1.29, 1.82) is 0 Å². The van der Waals surface area contributed by atoms with Crippen LogP contribution in [0.5, 0.6) is 0 Å². The van der Waals surface area contributed by atoms with Gasteiger partial charge in [0.2, 0.25) is 5.89 Å². The molecule has 0 spiro atoms. The van der Waals surface area contributed by atoms with Crippen LogP contribution in [0.15, 0.2) is 22.6 Å². The van der Waals surface area contributed by atoms with E-state index < -0.39 is 12.1 Å². The molecule has 1 fully saturated rings. The number of benzene rings is 1. The highest BCUT2D eigenvalue weighted by molar-refractivity contribution is 5.76. The van der Waals surface area contributed by atoms with E-state index in [1.807, 2.05) is 0 Å². The molecule has 1 aliphatic heterocycles. The van der Waals surface area contributed by atoms with Gasteiger partial charge >= 0.3 is 6.18 Å². The lowest BCUT2D eigenvalue weighted by Crippen LogP contribution is -2.41. The molecular weight excluding hydrogens is 283 g/mol. The summed E-state index contributed by atoms with van der Waals surface area (Å²) >= 11 is 0. The number of nitrogen functional groups attached to an aromatic ring is 1. The van der Waals surface area contributed by atoms with Crippen molar-refractivity contribution in [2.75, 3.05) is 18.8 Å². The number of anilines is 1. The second-order valence-corrected chi connectivity index (χ2v) is 5.45. The van der Waals surface area contributed by atoms with Gasteiger partial charge in [-0.15, -0.1) is 0 Å². The van der Waals surface area contributed by atoms with Crippen molar-refractivity contribution in [3.8, 4) is 0 Å². The summed E-state index contributed by atoms with van der Waals surface area (Å²) in [5.41, 5.74) is 7.48. The third kappa shape index (κ3) is 3.12. The predicted octanol–water partition coefficient (Wildman–Crippen LogP) is 3.18. The van der Waals surface area contributed by atoms with E-state index in [1.54, 1.807) is 23.1 Å². The summed E-state index contributed by atoms with van der Waals surface area (Å²) < 4.78 is 43.9. The zero-order chi connectivity index (χ0) is 15.0. The molecule has 2 N–H and O–H groups in total. The molecule has 4 nitrogen and oxygen atoms in total. The summed E-state index contributed by atoms with van der Waals surface area (Å²) in [7, 11) is 0. The standard InChI is InChI=1S/C14H16F3N3O/c15-14(16,17)9-2-1-5-20(7-9)8-13-19-11-6-10(18)3-4-12(11)21-13/h3-4,6,9H,1-2,5,7-8,18H2. The molecule has 0 aliphatic carbocycles. The molecule has 1 saturated heterocycles. The molecule has 114 valence electrons. The molecule has 1 aromatic heterocycles. The monoisotopic (exact) mass is 299 g/mol. The van der Waals surface area contributed by atoms with Gasteiger partial charge in [-0.3, -0.25) is 4.90 Å². The number of oxazole rings is 1. The molecule has 1 atom stereocenters. The topological polar surface area (TPSA) is 55.3 Å². The van der Waals surface area contributed by atoms with Crippen LogP contribution in [0.25, 0.3) is 11.1 Å². The number of hydrogen-bond donors (Lipinski definition) is 1. The van der Waals surface area contributed by atoms with Crippen LogP contribution in [0.1, 0.15) is 18.7 Å². The maximum atomic E-state index is 12.8. The van der Waals surface area contributed by atoms with Gasteiger partial charge in [0.05, 0.1) is 12.5 Å². The Morgan fingerprint density at radius 2 is 2.19 bits per heavy atom. The second kappa shape index (κ2) is 5.22. The minimum atomic E-state index is -4.13. The largest absolute Gasteiger partial charge is 0.439 e. The van der Waals surface area contributed by atoms with E-state index in [1.165, 1.54) is 0 Å².